The molecule has 0 saturated heterocycles. The maximum atomic E-state index is 10.8. The highest BCUT2D eigenvalue weighted by Gasteiger charge is 2.20. The summed E-state index contributed by atoms with van der Waals surface area (Å²) in [7, 11) is 0. The van der Waals surface area contributed by atoms with Crippen LogP contribution in [0.3, 0.4) is 0 Å². The van der Waals surface area contributed by atoms with Crippen molar-refractivity contribution in [1.29, 1.82) is 0 Å². The molecule has 5 nitrogen and oxygen atoms in total. The van der Waals surface area contributed by atoms with E-state index in [9.17, 15) is 10.1 Å². The average molecular weight is 211 g/mol. The van der Waals surface area contributed by atoms with Crippen LogP contribution in [0.1, 0.15) is 19.4 Å². The molecule has 5 heteroatoms. The van der Waals surface area contributed by atoms with Crippen molar-refractivity contribution >= 4 is 5.69 Å². The molecular weight excluding hydrogens is 198 g/mol. The molecule has 15 heavy (non-hydrogen) atoms. The summed E-state index contributed by atoms with van der Waals surface area (Å²) in [4.78, 5) is 10.3. The van der Waals surface area contributed by atoms with Gasteiger partial charge in [0.15, 0.2) is 5.75 Å². The molecule has 1 aromatic carbocycles. The van der Waals surface area contributed by atoms with Crippen molar-refractivity contribution in [2.75, 3.05) is 0 Å². The number of rotatable bonds is 4. The Labute approximate surface area is 87.5 Å². The number of benzene rings is 1. The highest BCUT2D eigenvalue weighted by molar-refractivity contribution is 5.52. The number of ether oxygens (including phenoxy) is 1. The van der Waals surface area contributed by atoms with Crippen LogP contribution in [-0.4, -0.2) is 16.1 Å². The quantitative estimate of drug-likeness (QED) is 0.609. The summed E-state index contributed by atoms with van der Waals surface area (Å²) in [6.45, 7) is 3.20. The second-order valence-corrected chi connectivity index (χ2v) is 3.35. The minimum Gasteiger partial charge on any atom is -0.484 e. The Hall–Kier alpha value is -1.62. The van der Waals surface area contributed by atoms with Crippen LogP contribution in [0.5, 0.6) is 5.75 Å². The Bertz CT molecular complexity index is 362. The van der Waals surface area contributed by atoms with Crippen molar-refractivity contribution in [2.24, 2.45) is 0 Å². The number of aliphatic hydroxyl groups is 1. The van der Waals surface area contributed by atoms with Gasteiger partial charge in [0.25, 0.3) is 0 Å². The van der Waals surface area contributed by atoms with Crippen LogP contribution in [0.25, 0.3) is 0 Å². The van der Waals surface area contributed by atoms with E-state index in [2.05, 4.69) is 0 Å². The van der Waals surface area contributed by atoms with Gasteiger partial charge in [-0.3, -0.25) is 10.1 Å². The number of aliphatic hydroxyl groups excluding tert-OH is 1. The van der Waals surface area contributed by atoms with Crippen LogP contribution in [-0.2, 0) is 6.61 Å². The molecule has 1 N–H and O–H groups in total. The predicted octanol–water partition coefficient (Wildman–Crippen LogP) is 1.87. The van der Waals surface area contributed by atoms with E-state index < -0.39 is 4.92 Å². The van der Waals surface area contributed by atoms with Gasteiger partial charge in [-0.25, -0.2) is 0 Å². The molecule has 0 aliphatic carbocycles. The van der Waals surface area contributed by atoms with Gasteiger partial charge in [-0.05, 0) is 26.0 Å². The Morgan fingerprint density at radius 2 is 2.20 bits per heavy atom. The molecule has 0 amide bonds. The highest BCUT2D eigenvalue weighted by Crippen LogP contribution is 2.31. The van der Waals surface area contributed by atoms with Crippen LogP contribution < -0.4 is 4.74 Å². The zero-order valence-electron chi connectivity index (χ0n) is 8.64. The smallest absolute Gasteiger partial charge is 0.316 e. The number of nitrogens with zero attached hydrogens (tertiary/aromatic N) is 1. The van der Waals surface area contributed by atoms with Crippen molar-refractivity contribution in [3.63, 3.8) is 0 Å². The van der Waals surface area contributed by atoms with Gasteiger partial charge in [-0.2, -0.15) is 0 Å². The molecule has 0 fully saturated rings. The minimum absolute atomic E-state index is 0.141. The number of nitro benzene ring substituents is 1. The minimum atomic E-state index is -0.538. The molecule has 0 radical (unpaired) electrons. The summed E-state index contributed by atoms with van der Waals surface area (Å²) in [5, 5.41) is 19.8. The third-order valence-electron chi connectivity index (χ3n) is 1.80. The van der Waals surface area contributed by atoms with Crippen LogP contribution in [0.4, 0.5) is 5.69 Å². The van der Waals surface area contributed by atoms with Crippen LogP contribution in [0, 0.1) is 10.1 Å². The lowest BCUT2D eigenvalue weighted by atomic mass is 10.2. The van der Waals surface area contributed by atoms with E-state index in [4.69, 9.17) is 9.84 Å². The van der Waals surface area contributed by atoms with Gasteiger partial charge in [0, 0.05) is 0 Å². The van der Waals surface area contributed by atoms with Crippen molar-refractivity contribution in [3.8, 4) is 5.75 Å². The monoisotopic (exact) mass is 211 g/mol. The molecule has 0 saturated carbocycles. The second kappa shape index (κ2) is 4.75. The van der Waals surface area contributed by atoms with Gasteiger partial charge in [-0.1, -0.05) is 6.07 Å². The fourth-order valence-electron chi connectivity index (χ4n) is 1.25. The van der Waals surface area contributed by atoms with Gasteiger partial charge >= 0.3 is 5.69 Å². The number of nitro groups is 1. The number of hydrogen-bond donors (Lipinski definition) is 1. The molecule has 0 unspecified atom stereocenters. The lowest BCUT2D eigenvalue weighted by Crippen LogP contribution is -2.08. The van der Waals surface area contributed by atoms with Crippen LogP contribution in [0.15, 0.2) is 18.2 Å². The van der Waals surface area contributed by atoms with Crippen molar-refractivity contribution in [3.05, 3.63) is 33.9 Å². The van der Waals surface area contributed by atoms with Crippen LogP contribution in [0.2, 0.25) is 0 Å². The molecule has 1 aromatic rings. The van der Waals surface area contributed by atoms with E-state index in [0.29, 0.717) is 0 Å². The van der Waals surface area contributed by atoms with E-state index in [1.165, 1.54) is 12.1 Å². The SMILES string of the molecule is CC(C)Oc1cccc(CO)c1[N+](=O)[O-]. The summed E-state index contributed by atoms with van der Waals surface area (Å²) >= 11 is 0. The van der Waals surface area contributed by atoms with Crippen molar-refractivity contribution in [2.45, 2.75) is 26.6 Å². The topological polar surface area (TPSA) is 72.6 Å². The van der Waals surface area contributed by atoms with Gasteiger partial charge < -0.3 is 9.84 Å². The summed E-state index contributed by atoms with van der Waals surface area (Å²) in [5.74, 6) is 0.196. The molecule has 1 rings (SSSR count). The second-order valence-electron chi connectivity index (χ2n) is 3.35. The van der Waals surface area contributed by atoms with Gasteiger partial charge in [0.05, 0.1) is 23.2 Å². The normalized spacial score (nSPS) is 10.4. The maximum Gasteiger partial charge on any atom is 0.316 e. The number of para-hydroxylation sites is 1. The van der Waals surface area contributed by atoms with Crippen molar-refractivity contribution in [1.82, 2.24) is 0 Å². The third-order valence-corrected chi connectivity index (χ3v) is 1.80. The largest absolute Gasteiger partial charge is 0.484 e. The van der Waals surface area contributed by atoms with Gasteiger partial charge in [-0.15, -0.1) is 0 Å². The van der Waals surface area contributed by atoms with E-state index in [0.717, 1.165) is 0 Å². The highest BCUT2D eigenvalue weighted by atomic mass is 16.6. The third kappa shape index (κ3) is 2.66. The molecule has 0 aromatic heterocycles. The first-order valence-corrected chi connectivity index (χ1v) is 4.60. The Kier molecular flexibility index (Phi) is 3.62. The Morgan fingerprint density at radius 3 is 2.67 bits per heavy atom. The fourth-order valence-corrected chi connectivity index (χ4v) is 1.25. The predicted molar refractivity (Wildman–Crippen MR) is 54.8 cm³/mol. The van der Waals surface area contributed by atoms with Crippen LogP contribution >= 0.6 is 0 Å². The molecule has 0 atom stereocenters. The number of hydrogen-bond acceptors (Lipinski definition) is 4. The first kappa shape index (κ1) is 11.5. The van der Waals surface area contributed by atoms with Crippen molar-refractivity contribution < 1.29 is 14.8 Å². The standard InChI is InChI=1S/C10H13NO4/c1-7(2)15-9-5-3-4-8(6-12)10(9)11(13)14/h3-5,7,12H,6H2,1-2H3. The molecule has 0 aliphatic rings. The molecule has 0 heterocycles. The summed E-state index contributed by atoms with van der Waals surface area (Å²) in [6, 6.07) is 4.65. The molecular formula is C10H13NO4. The lowest BCUT2D eigenvalue weighted by Gasteiger charge is -2.11. The summed E-state index contributed by atoms with van der Waals surface area (Å²) < 4.78 is 5.30. The zero-order valence-corrected chi connectivity index (χ0v) is 8.64. The molecule has 82 valence electrons. The summed E-state index contributed by atoms with van der Waals surface area (Å²) in [6.07, 6.45) is -0.141. The zero-order chi connectivity index (χ0) is 11.4. The van der Waals surface area contributed by atoms with E-state index in [1.54, 1.807) is 19.9 Å². The maximum absolute atomic E-state index is 10.8. The lowest BCUT2D eigenvalue weighted by molar-refractivity contribution is -0.387. The first-order chi connectivity index (χ1) is 7.06. The first-order valence-electron chi connectivity index (χ1n) is 4.60. The van der Waals surface area contributed by atoms with E-state index >= 15 is 0 Å². The summed E-state index contributed by atoms with van der Waals surface area (Å²) in [5.41, 5.74) is 0.104. The Morgan fingerprint density at radius 1 is 1.53 bits per heavy atom. The Balaban J connectivity index is 3.19. The fraction of sp³-hybridized carbons (Fsp3) is 0.400. The van der Waals surface area contributed by atoms with E-state index in [1.807, 2.05) is 0 Å². The average Bonchev–Trinajstić information content (AvgIpc) is 2.15. The van der Waals surface area contributed by atoms with Gasteiger partial charge in [0.1, 0.15) is 0 Å². The molecule has 0 bridgehead atoms. The molecule has 0 spiro atoms. The van der Waals surface area contributed by atoms with Gasteiger partial charge in [0.2, 0.25) is 0 Å². The molecule has 0 aliphatic heterocycles. The van der Waals surface area contributed by atoms with E-state index in [-0.39, 0.29) is 29.7 Å².